The van der Waals surface area contributed by atoms with Crippen molar-refractivity contribution in [2.24, 2.45) is 5.92 Å². The van der Waals surface area contributed by atoms with E-state index in [-0.39, 0.29) is 12.5 Å². The number of carboxylic acids is 1. The number of hydrogen-bond acceptors (Lipinski definition) is 5. The number of esters is 1. The van der Waals surface area contributed by atoms with Gasteiger partial charge in [0.2, 0.25) is 0 Å². The van der Waals surface area contributed by atoms with E-state index in [1.54, 1.807) is 6.92 Å². The van der Waals surface area contributed by atoms with Crippen molar-refractivity contribution in [3.05, 3.63) is 0 Å². The second-order valence-electron chi connectivity index (χ2n) is 3.75. The van der Waals surface area contributed by atoms with E-state index in [0.29, 0.717) is 0 Å². The Morgan fingerprint density at radius 1 is 1.31 bits per heavy atom. The van der Waals surface area contributed by atoms with Crippen LogP contribution >= 0.6 is 0 Å². The van der Waals surface area contributed by atoms with Gasteiger partial charge in [-0.15, -0.1) is 0 Å². The van der Waals surface area contributed by atoms with Crippen molar-refractivity contribution >= 4 is 11.9 Å². The maximum atomic E-state index is 10.4. The second kappa shape index (κ2) is 8.06. The number of carbonyl (C=O) groups excluding carboxylic acids is 1. The zero-order valence-electron chi connectivity index (χ0n) is 10.3. The highest BCUT2D eigenvalue weighted by molar-refractivity contribution is 5.77. The number of rotatable bonds is 4. The van der Waals surface area contributed by atoms with Crippen molar-refractivity contribution in [1.29, 1.82) is 0 Å². The van der Waals surface area contributed by atoms with Crippen molar-refractivity contribution in [2.75, 3.05) is 20.8 Å². The Balaban J connectivity index is 0. The molecule has 96 valence electrons. The maximum Gasteiger partial charge on any atom is 0.337 e. The van der Waals surface area contributed by atoms with Crippen LogP contribution in [0.5, 0.6) is 0 Å². The van der Waals surface area contributed by atoms with Gasteiger partial charge in [-0.05, 0) is 20.8 Å². The molecule has 0 aliphatic rings. The summed E-state index contributed by atoms with van der Waals surface area (Å²) in [5.74, 6) is -1.82. The minimum atomic E-state index is -1.35. The van der Waals surface area contributed by atoms with Crippen LogP contribution in [0.25, 0.3) is 0 Å². The van der Waals surface area contributed by atoms with Crippen molar-refractivity contribution in [2.45, 2.75) is 26.4 Å². The molecule has 0 aromatic heterocycles. The van der Waals surface area contributed by atoms with Gasteiger partial charge in [0.1, 0.15) is 0 Å². The Labute approximate surface area is 95.2 Å². The second-order valence-corrected chi connectivity index (χ2v) is 3.75. The molecule has 16 heavy (non-hydrogen) atoms. The van der Waals surface area contributed by atoms with E-state index in [9.17, 15) is 9.59 Å². The zero-order valence-corrected chi connectivity index (χ0v) is 10.3. The fourth-order valence-electron chi connectivity index (χ4n) is 0.571. The smallest absolute Gasteiger partial charge is 0.337 e. The number of carboxylic acid groups (broad SMARTS) is 1. The van der Waals surface area contributed by atoms with Crippen LogP contribution in [0, 0.1) is 5.92 Å². The molecule has 0 aromatic rings. The monoisotopic (exact) mass is 236 g/mol. The minimum Gasteiger partial charge on any atom is -0.481 e. The summed E-state index contributed by atoms with van der Waals surface area (Å²) >= 11 is 0. The van der Waals surface area contributed by atoms with Crippen LogP contribution < -0.4 is 0 Å². The van der Waals surface area contributed by atoms with Gasteiger partial charge in [0, 0.05) is 7.11 Å². The van der Waals surface area contributed by atoms with Gasteiger partial charge >= 0.3 is 11.9 Å². The number of hydrogen-bond donors (Lipinski definition) is 2. The Morgan fingerprint density at radius 3 is 1.81 bits per heavy atom. The normalized spacial score (nSPS) is 12.1. The van der Waals surface area contributed by atoms with Crippen LogP contribution in [0.4, 0.5) is 0 Å². The highest BCUT2D eigenvalue weighted by Gasteiger charge is 2.23. The summed E-state index contributed by atoms with van der Waals surface area (Å²) in [6, 6.07) is 0. The van der Waals surface area contributed by atoms with Gasteiger partial charge in [0.05, 0.1) is 19.6 Å². The standard InChI is InChI=1S/2C5H10O3/c1-5(2,7)4(6)8-3;1-4(3-8-2)5(6)7/h7H,1-3H3;4H,3H2,1-2H3,(H,6,7). The fourth-order valence-corrected chi connectivity index (χ4v) is 0.571. The van der Waals surface area contributed by atoms with E-state index in [4.69, 9.17) is 10.2 Å². The molecule has 0 saturated carbocycles. The van der Waals surface area contributed by atoms with E-state index in [1.807, 2.05) is 0 Å². The molecule has 1 atom stereocenters. The number of ether oxygens (including phenoxy) is 2. The molecule has 0 amide bonds. The van der Waals surface area contributed by atoms with Crippen molar-refractivity contribution in [3.63, 3.8) is 0 Å². The third kappa shape index (κ3) is 9.42. The number of methoxy groups -OCH3 is 2. The predicted molar refractivity (Wildman–Crippen MR) is 57.0 cm³/mol. The summed E-state index contributed by atoms with van der Waals surface area (Å²) in [6.07, 6.45) is 0. The van der Waals surface area contributed by atoms with Crippen LogP contribution in [0.3, 0.4) is 0 Å². The number of aliphatic hydroxyl groups is 1. The molecule has 0 rings (SSSR count). The van der Waals surface area contributed by atoms with Gasteiger partial charge in [-0.3, -0.25) is 4.79 Å². The Kier molecular flexibility index (Phi) is 8.70. The minimum absolute atomic E-state index is 0.287. The highest BCUT2D eigenvalue weighted by Crippen LogP contribution is 2.01. The lowest BCUT2D eigenvalue weighted by molar-refractivity contribution is -0.158. The van der Waals surface area contributed by atoms with Crippen LogP contribution in [0.1, 0.15) is 20.8 Å². The third-order valence-electron chi connectivity index (χ3n) is 1.52. The molecule has 0 aliphatic heterocycles. The SMILES string of the molecule is COC(=O)C(C)(C)O.COCC(C)C(=O)O. The predicted octanol–water partition coefficient (Wildman–Crippen LogP) is 0.284. The van der Waals surface area contributed by atoms with E-state index in [0.717, 1.165) is 0 Å². The molecule has 0 radical (unpaired) electrons. The Bertz CT molecular complexity index is 218. The first kappa shape index (κ1) is 17.3. The maximum absolute atomic E-state index is 10.4. The Hall–Kier alpha value is -1.14. The van der Waals surface area contributed by atoms with E-state index >= 15 is 0 Å². The molecule has 0 saturated heterocycles. The summed E-state index contributed by atoms with van der Waals surface area (Å²) in [7, 11) is 2.72. The summed E-state index contributed by atoms with van der Waals surface area (Å²) < 4.78 is 8.81. The molecule has 0 aromatic carbocycles. The van der Waals surface area contributed by atoms with Crippen LogP contribution in [0.15, 0.2) is 0 Å². The van der Waals surface area contributed by atoms with Crippen molar-refractivity contribution < 1.29 is 29.3 Å². The lowest BCUT2D eigenvalue weighted by atomic mass is 10.1. The average molecular weight is 236 g/mol. The summed E-state index contributed by atoms with van der Waals surface area (Å²) in [5, 5.41) is 17.0. The summed E-state index contributed by atoms with van der Waals surface area (Å²) in [6.45, 7) is 4.64. The first-order valence-electron chi connectivity index (χ1n) is 4.69. The molecule has 0 spiro atoms. The number of aliphatic carboxylic acids is 1. The molecule has 2 N–H and O–H groups in total. The van der Waals surface area contributed by atoms with E-state index in [1.165, 1.54) is 28.1 Å². The molecule has 6 heteroatoms. The van der Waals surface area contributed by atoms with Crippen LogP contribution in [0.2, 0.25) is 0 Å². The highest BCUT2D eigenvalue weighted by atomic mass is 16.5. The van der Waals surface area contributed by atoms with Gasteiger partial charge in [-0.25, -0.2) is 4.79 Å². The van der Waals surface area contributed by atoms with Crippen LogP contribution in [-0.4, -0.2) is 48.6 Å². The van der Waals surface area contributed by atoms with Crippen LogP contribution in [-0.2, 0) is 19.1 Å². The zero-order chi connectivity index (χ0) is 13.4. The van der Waals surface area contributed by atoms with Gasteiger partial charge in [0.15, 0.2) is 5.60 Å². The Morgan fingerprint density at radius 2 is 1.75 bits per heavy atom. The summed E-state index contributed by atoms with van der Waals surface area (Å²) in [5.41, 5.74) is -1.35. The fraction of sp³-hybridized carbons (Fsp3) is 0.800. The van der Waals surface area contributed by atoms with E-state index < -0.39 is 17.5 Å². The largest absolute Gasteiger partial charge is 0.481 e. The van der Waals surface area contributed by atoms with Crippen molar-refractivity contribution in [3.8, 4) is 0 Å². The molecule has 0 heterocycles. The molecule has 0 fully saturated rings. The molecule has 6 nitrogen and oxygen atoms in total. The average Bonchev–Trinajstić information content (AvgIpc) is 2.16. The first-order valence-corrected chi connectivity index (χ1v) is 4.69. The molecular weight excluding hydrogens is 216 g/mol. The van der Waals surface area contributed by atoms with Gasteiger partial charge in [-0.2, -0.15) is 0 Å². The topological polar surface area (TPSA) is 93.1 Å². The molecule has 1 unspecified atom stereocenters. The third-order valence-corrected chi connectivity index (χ3v) is 1.52. The van der Waals surface area contributed by atoms with Gasteiger partial charge < -0.3 is 19.7 Å². The molecular formula is C10H20O6. The molecule has 0 bridgehead atoms. The lowest BCUT2D eigenvalue weighted by Gasteiger charge is -2.12. The van der Waals surface area contributed by atoms with E-state index in [2.05, 4.69) is 9.47 Å². The summed E-state index contributed by atoms with van der Waals surface area (Å²) in [4.78, 5) is 20.4. The lowest BCUT2D eigenvalue weighted by Crippen LogP contribution is -2.31. The van der Waals surface area contributed by atoms with Crippen molar-refractivity contribution in [1.82, 2.24) is 0 Å². The van der Waals surface area contributed by atoms with Gasteiger partial charge in [-0.1, -0.05) is 0 Å². The first-order chi connectivity index (χ1) is 7.16. The number of carbonyl (C=O) groups is 2. The quantitative estimate of drug-likeness (QED) is 0.681. The molecule has 0 aliphatic carbocycles. The van der Waals surface area contributed by atoms with Gasteiger partial charge in [0.25, 0.3) is 0 Å².